The Morgan fingerprint density at radius 2 is 2.25 bits per heavy atom. The minimum absolute atomic E-state index is 0.0494. The van der Waals surface area contributed by atoms with Crippen molar-refractivity contribution in [2.45, 2.75) is 31.5 Å². The third-order valence-electron chi connectivity index (χ3n) is 2.96. The molecular weight excluding hydrogens is 275 g/mol. The molecule has 2 rings (SSSR count). The van der Waals surface area contributed by atoms with Gasteiger partial charge in [0.2, 0.25) is 0 Å². The average molecular weight is 289 g/mol. The standard InChI is InChI=1S/C12H14BrFO2/c1-2-16-9-6-12(15,7-9)10-5-8(13)3-4-11(10)14/h3-5,9,15H,2,6-7H2,1H3. The molecule has 1 N–H and O–H groups in total. The lowest BCUT2D eigenvalue weighted by Crippen LogP contribution is -2.46. The Morgan fingerprint density at radius 3 is 2.88 bits per heavy atom. The van der Waals surface area contributed by atoms with E-state index in [1.165, 1.54) is 6.07 Å². The van der Waals surface area contributed by atoms with Crippen molar-refractivity contribution in [3.05, 3.63) is 34.1 Å². The molecule has 1 aromatic carbocycles. The summed E-state index contributed by atoms with van der Waals surface area (Å²) in [6.45, 7) is 2.54. The van der Waals surface area contributed by atoms with Crippen LogP contribution in [0.5, 0.6) is 0 Å². The van der Waals surface area contributed by atoms with Crippen LogP contribution in [0.3, 0.4) is 0 Å². The summed E-state index contributed by atoms with van der Waals surface area (Å²) in [5, 5.41) is 10.2. The first-order valence-electron chi connectivity index (χ1n) is 5.34. The highest BCUT2D eigenvalue weighted by molar-refractivity contribution is 9.10. The third-order valence-corrected chi connectivity index (χ3v) is 3.46. The Labute approximate surface area is 103 Å². The monoisotopic (exact) mass is 288 g/mol. The largest absolute Gasteiger partial charge is 0.385 e. The fourth-order valence-corrected chi connectivity index (χ4v) is 2.48. The molecule has 0 bridgehead atoms. The van der Waals surface area contributed by atoms with E-state index >= 15 is 0 Å². The molecule has 0 heterocycles. The van der Waals surface area contributed by atoms with E-state index in [-0.39, 0.29) is 11.9 Å². The number of benzene rings is 1. The van der Waals surface area contributed by atoms with Crippen molar-refractivity contribution in [2.24, 2.45) is 0 Å². The first-order chi connectivity index (χ1) is 7.55. The van der Waals surface area contributed by atoms with Gasteiger partial charge in [-0.05, 0) is 25.1 Å². The van der Waals surface area contributed by atoms with Crippen LogP contribution in [-0.2, 0) is 10.3 Å². The highest BCUT2D eigenvalue weighted by atomic mass is 79.9. The maximum Gasteiger partial charge on any atom is 0.129 e. The summed E-state index contributed by atoms with van der Waals surface area (Å²) in [7, 11) is 0. The lowest BCUT2D eigenvalue weighted by Gasteiger charge is -2.43. The van der Waals surface area contributed by atoms with Crippen LogP contribution in [0, 0.1) is 5.82 Å². The van der Waals surface area contributed by atoms with E-state index in [0.29, 0.717) is 25.0 Å². The maximum absolute atomic E-state index is 13.6. The minimum Gasteiger partial charge on any atom is -0.385 e. The van der Waals surface area contributed by atoms with E-state index < -0.39 is 5.60 Å². The summed E-state index contributed by atoms with van der Waals surface area (Å²) < 4.78 is 19.7. The highest BCUT2D eigenvalue weighted by Gasteiger charge is 2.46. The normalized spacial score (nSPS) is 28.9. The van der Waals surface area contributed by atoms with Crippen molar-refractivity contribution in [3.63, 3.8) is 0 Å². The van der Waals surface area contributed by atoms with Crippen LogP contribution in [-0.4, -0.2) is 17.8 Å². The SMILES string of the molecule is CCOC1CC(O)(c2cc(Br)ccc2F)C1. The zero-order valence-electron chi connectivity index (χ0n) is 9.04. The van der Waals surface area contributed by atoms with Crippen LogP contribution in [0.25, 0.3) is 0 Å². The molecule has 4 heteroatoms. The van der Waals surface area contributed by atoms with Gasteiger partial charge in [0.25, 0.3) is 0 Å². The second-order valence-corrected chi connectivity index (χ2v) is 5.06. The summed E-state index contributed by atoms with van der Waals surface area (Å²) in [5.74, 6) is -0.361. The van der Waals surface area contributed by atoms with Crippen LogP contribution >= 0.6 is 15.9 Å². The highest BCUT2D eigenvalue weighted by Crippen LogP contribution is 2.44. The van der Waals surface area contributed by atoms with Gasteiger partial charge in [0, 0.05) is 29.5 Å². The quantitative estimate of drug-likeness (QED) is 0.927. The van der Waals surface area contributed by atoms with Gasteiger partial charge in [-0.2, -0.15) is 0 Å². The lowest BCUT2D eigenvalue weighted by molar-refractivity contribution is -0.144. The molecule has 2 nitrogen and oxygen atoms in total. The maximum atomic E-state index is 13.6. The molecule has 88 valence electrons. The van der Waals surface area contributed by atoms with Crippen molar-refractivity contribution in [3.8, 4) is 0 Å². The fraction of sp³-hybridized carbons (Fsp3) is 0.500. The van der Waals surface area contributed by atoms with Gasteiger partial charge in [-0.1, -0.05) is 15.9 Å². The lowest BCUT2D eigenvalue weighted by atomic mass is 9.72. The van der Waals surface area contributed by atoms with E-state index in [1.54, 1.807) is 12.1 Å². The van der Waals surface area contributed by atoms with Gasteiger partial charge in [-0.3, -0.25) is 0 Å². The number of hydrogen-bond acceptors (Lipinski definition) is 2. The van der Waals surface area contributed by atoms with Gasteiger partial charge in [0.15, 0.2) is 0 Å². The van der Waals surface area contributed by atoms with Crippen molar-refractivity contribution < 1.29 is 14.2 Å². The molecule has 1 aromatic rings. The molecule has 1 saturated carbocycles. The molecule has 0 unspecified atom stereocenters. The van der Waals surface area contributed by atoms with E-state index in [4.69, 9.17) is 4.74 Å². The van der Waals surface area contributed by atoms with Gasteiger partial charge < -0.3 is 9.84 Å². The topological polar surface area (TPSA) is 29.5 Å². The Morgan fingerprint density at radius 1 is 1.56 bits per heavy atom. The number of aliphatic hydroxyl groups is 1. The Balaban J connectivity index is 2.16. The predicted octanol–water partition coefficient (Wildman–Crippen LogP) is 2.97. The second kappa shape index (κ2) is 4.43. The van der Waals surface area contributed by atoms with E-state index in [0.717, 1.165) is 4.47 Å². The molecule has 0 aromatic heterocycles. The zero-order chi connectivity index (χ0) is 11.8. The van der Waals surface area contributed by atoms with Gasteiger partial charge in [-0.15, -0.1) is 0 Å². The average Bonchev–Trinajstić information content (AvgIpc) is 2.19. The molecule has 1 aliphatic rings. The summed E-state index contributed by atoms with van der Waals surface area (Å²) in [6, 6.07) is 4.63. The van der Waals surface area contributed by atoms with Gasteiger partial charge in [0.1, 0.15) is 5.82 Å². The van der Waals surface area contributed by atoms with Crippen LogP contribution in [0.4, 0.5) is 4.39 Å². The first kappa shape index (κ1) is 12.0. The van der Waals surface area contributed by atoms with Gasteiger partial charge in [-0.25, -0.2) is 4.39 Å². The molecular formula is C12H14BrFO2. The molecule has 1 fully saturated rings. The molecule has 16 heavy (non-hydrogen) atoms. The first-order valence-corrected chi connectivity index (χ1v) is 6.14. The molecule has 0 radical (unpaired) electrons. The van der Waals surface area contributed by atoms with E-state index in [2.05, 4.69) is 15.9 Å². The Bertz CT molecular complexity index is 389. The van der Waals surface area contributed by atoms with Crippen LogP contribution < -0.4 is 0 Å². The van der Waals surface area contributed by atoms with Crippen molar-refractivity contribution in [1.29, 1.82) is 0 Å². The molecule has 0 amide bonds. The van der Waals surface area contributed by atoms with Crippen molar-refractivity contribution in [2.75, 3.05) is 6.61 Å². The van der Waals surface area contributed by atoms with E-state index in [9.17, 15) is 9.50 Å². The molecule has 0 spiro atoms. The molecule has 0 aliphatic heterocycles. The summed E-state index contributed by atoms with van der Waals surface area (Å²) in [5.41, 5.74) is -0.703. The van der Waals surface area contributed by atoms with Gasteiger partial charge in [0.05, 0.1) is 11.7 Å². The minimum atomic E-state index is -1.06. The molecule has 0 saturated heterocycles. The summed E-state index contributed by atoms with van der Waals surface area (Å²) in [4.78, 5) is 0. The smallest absolute Gasteiger partial charge is 0.129 e. The number of rotatable bonds is 3. The number of halogens is 2. The van der Waals surface area contributed by atoms with Crippen LogP contribution in [0.15, 0.2) is 22.7 Å². The van der Waals surface area contributed by atoms with Crippen LogP contribution in [0.2, 0.25) is 0 Å². The number of hydrogen-bond donors (Lipinski definition) is 1. The zero-order valence-corrected chi connectivity index (χ0v) is 10.6. The number of ether oxygens (including phenoxy) is 1. The summed E-state index contributed by atoms with van der Waals surface area (Å²) >= 11 is 3.28. The second-order valence-electron chi connectivity index (χ2n) is 4.14. The van der Waals surface area contributed by atoms with Crippen LogP contribution in [0.1, 0.15) is 25.3 Å². The van der Waals surface area contributed by atoms with E-state index in [1.807, 2.05) is 6.92 Å². The van der Waals surface area contributed by atoms with Crippen molar-refractivity contribution in [1.82, 2.24) is 0 Å². The molecule has 0 atom stereocenters. The van der Waals surface area contributed by atoms with Crippen molar-refractivity contribution >= 4 is 15.9 Å². The summed E-state index contributed by atoms with van der Waals surface area (Å²) in [6.07, 6.45) is 0.982. The Kier molecular flexibility index (Phi) is 3.33. The Hall–Kier alpha value is -0.450. The predicted molar refractivity (Wildman–Crippen MR) is 62.6 cm³/mol. The molecule has 1 aliphatic carbocycles. The fourth-order valence-electron chi connectivity index (χ4n) is 2.12. The third kappa shape index (κ3) is 2.14. The van der Waals surface area contributed by atoms with Gasteiger partial charge >= 0.3 is 0 Å².